The Bertz CT molecular complexity index is 1010. The summed E-state index contributed by atoms with van der Waals surface area (Å²) in [6.45, 7) is 1.88. The molecule has 3 rings (SSSR count). The van der Waals surface area contributed by atoms with Crippen molar-refractivity contribution < 1.29 is 22.3 Å². The van der Waals surface area contributed by atoms with E-state index in [1.165, 1.54) is 0 Å². The van der Waals surface area contributed by atoms with Crippen LogP contribution in [0.3, 0.4) is 0 Å². The number of aromatic amines is 1. The van der Waals surface area contributed by atoms with Crippen LogP contribution in [-0.4, -0.2) is 26.4 Å². The molecule has 0 aliphatic carbocycles. The summed E-state index contributed by atoms with van der Waals surface area (Å²) in [5, 5.41) is 3.70. The van der Waals surface area contributed by atoms with E-state index in [-0.39, 0.29) is 28.1 Å². The van der Waals surface area contributed by atoms with E-state index in [1.807, 2.05) is 0 Å². The zero-order valence-corrected chi connectivity index (χ0v) is 14.1. The van der Waals surface area contributed by atoms with Gasteiger partial charge >= 0.3 is 6.18 Å². The van der Waals surface area contributed by atoms with Crippen LogP contribution in [0.5, 0.6) is 6.01 Å². The van der Waals surface area contributed by atoms with Crippen molar-refractivity contribution in [1.29, 1.82) is 0 Å². The van der Waals surface area contributed by atoms with E-state index < -0.39 is 28.8 Å². The molecule has 6 nitrogen and oxygen atoms in total. The number of benzene rings is 1. The van der Waals surface area contributed by atoms with Gasteiger partial charge in [0, 0.05) is 10.7 Å². The normalized spacial score (nSPS) is 11.9. The van der Waals surface area contributed by atoms with Crippen molar-refractivity contribution in [3.8, 4) is 11.7 Å². The van der Waals surface area contributed by atoms with Crippen LogP contribution in [0.25, 0.3) is 16.7 Å². The number of aromatic nitrogens is 4. The Labute approximate surface area is 145 Å². The van der Waals surface area contributed by atoms with E-state index in [9.17, 15) is 22.4 Å². The number of alkyl halides is 3. The van der Waals surface area contributed by atoms with E-state index in [1.54, 1.807) is 6.92 Å². The summed E-state index contributed by atoms with van der Waals surface area (Å²) >= 11 is 2.83. The quantitative estimate of drug-likeness (QED) is 0.658. The summed E-state index contributed by atoms with van der Waals surface area (Å²) in [6, 6.07) is 1.48. The lowest BCUT2D eigenvalue weighted by Crippen LogP contribution is -2.13. The number of ether oxygens (including phenoxy) is 1. The summed E-state index contributed by atoms with van der Waals surface area (Å²) in [4.78, 5) is 18.2. The fourth-order valence-corrected chi connectivity index (χ4v) is 2.66. The SMILES string of the molecule is CCOc1nc2nn(-c3c(F)cc(Br)cc3C(F)(F)F)cc2c(=O)[nH]1. The van der Waals surface area contributed by atoms with Gasteiger partial charge < -0.3 is 4.74 Å². The molecule has 1 aromatic carbocycles. The van der Waals surface area contributed by atoms with Crippen LogP contribution < -0.4 is 10.3 Å². The van der Waals surface area contributed by atoms with Gasteiger partial charge in [0.2, 0.25) is 0 Å². The second kappa shape index (κ2) is 6.14. The van der Waals surface area contributed by atoms with Crippen LogP contribution in [0.15, 0.2) is 27.6 Å². The van der Waals surface area contributed by atoms with Crippen LogP contribution in [0.2, 0.25) is 0 Å². The van der Waals surface area contributed by atoms with Gasteiger partial charge in [0.15, 0.2) is 11.5 Å². The van der Waals surface area contributed by atoms with Crippen molar-refractivity contribution in [2.75, 3.05) is 6.61 Å². The van der Waals surface area contributed by atoms with Gasteiger partial charge in [0.25, 0.3) is 11.6 Å². The summed E-state index contributed by atoms with van der Waals surface area (Å²) in [7, 11) is 0. The van der Waals surface area contributed by atoms with Gasteiger partial charge in [0.1, 0.15) is 11.1 Å². The Morgan fingerprint density at radius 3 is 2.72 bits per heavy atom. The molecule has 3 aromatic rings. The van der Waals surface area contributed by atoms with Gasteiger partial charge in [-0.25, -0.2) is 9.07 Å². The van der Waals surface area contributed by atoms with Crippen molar-refractivity contribution in [2.24, 2.45) is 0 Å². The van der Waals surface area contributed by atoms with E-state index in [0.717, 1.165) is 18.3 Å². The fraction of sp³-hybridized carbons (Fsp3) is 0.214. The van der Waals surface area contributed by atoms with Crippen molar-refractivity contribution in [3.63, 3.8) is 0 Å². The number of fused-ring (bicyclic) bond motifs is 1. The first-order chi connectivity index (χ1) is 11.7. The van der Waals surface area contributed by atoms with E-state index in [4.69, 9.17) is 4.74 Å². The summed E-state index contributed by atoms with van der Waals surface area (Å²) < 4.78 is 59.6. The van der Waals surface area contributed by atoms with E-state index in [2.05, 4.69) is 31.0 Å². The number of halogens is 5. The minimum atomic E-state index is -4.82. The molecule has 0 saturated heterocycles. The molecule has 0 unspecified atom stereocenters. The zero-order chi connectivity index (χ0) is 18.4. The minimum Gasteiger partial charge on any atom is -0.465 e. The van der Waals surface area contributed by atoms with Crippen molar-refractivity contribution >= 4 is 27.0 Å². The maximum atomic E-state index is 14.2. The summed E-state index contributed by atoms with van der Waals surface area (Å²) in [5.74, 6) is -1.16. The third-order valence-corrected chi connectivity index (χ3v) is 3.67. The van der Waals surface area contributed by atoms with Crippen LogP contribution in [0.1, 0.15) is 12.5 Å². The molecule has 0 bridgehead atoms. The molecule has 0 aliphatic rings. The Morgan fingerprint density at radius 2 is 2.08 bits per heavy atom. The average Bonchev–Trinajstić information content (AvgIpc) is 2.90. The Hall–Kier alpha value is -2.43. The maximum Gasteiger partial charge on any atom is 0.418 e. The molecule has 0 saturated carbocycles. The molecular formula is C14H9BrF4N4O2. The summed E-state index contributed by atoms with van der Waals surface area (Å²) in [6.07, 6.45) is -3.84. The number of nitrogens with zero attached hydrogens (tertiary/aromatic N) is 3. The largest absolute Gasteiger partial charge is 0.465 e. The van der Waals surface area contributed by atoms with Crippen LogP contribution >= 0.6 is 15.9 Å². The highest BCUT2D eigenvalue weighted by atomic mass is 79.9. The monoisotopic (exact) mass is 420 g/mol. The molecule has 25 heavy (non-hydrogen) atoms. The predicted octanol–water partition coefficient (Wildman–Crippen LogP) is 3.43. The van der Waals surface area contributed by atoms with Crippen LogP contribution in [0.4, 0.5) is 17.6 Å². The molecule has 132 valence electrons. The van der Waals surface area contributed by atoms with Gasteiger partial charge in [-0.2, -0.15) is 18.2 Å². The fourth-order valence-electron chi connectivity index (χ4n) is 2.23. The van der Waals surface area contributed by atoms with Crippen LogP contribution in [-0.2, 0) is 6.18 Å². The smallest absolute Gasteiger partial charge is 0.418 e. The van der Waals surface area contributed by atoms with Gasteiger partial charge in [-0.1, -0.05) is 15.9 Å². The van der Waals surface area contributed by atoms with Crippen molar-refractivity contribution in [1.82, 2.24) is 19.7 Å². The second-order valence-corrected chi connectivity index (χ2v) is 5.81. The van der Waals surface area contributed by atoms with Crippen molar-refractivity contribution in [2.45, 2.75) is 13.1 Å². The van der Waals surface area contributed by atoms with Crippen LogP contribution in [0, 0.1) is 5.82 Å². The number of rotatable bonds is 3. The standard InChI is InChI=1S/C14H9BrF4N4O2/c1-2-25-13-20-11-7(12(24)21-13)5-23(22-11)10-8(14(17,18)19)3-6(15)4-9(10)16/h3-5H,2H2,1H3,(H,20,21,22,24). The lowest BCUT2D eigenvalue weighted by Gasteiger charge is -2.14. The molecular weight excluding hydrogens is 412 g/mol. The molecule has 0 spiro atoms. The highest BCUT2D eigenvalue weighted by Gasteiger charge is 2.36. The molecule has 1 N–H and O–H groups in total. The van der Waals surface area contributed by atoms with Gasteiger partial charge in [-0.05, 0) is 19.1 Å². The lowest BCUT2D eigenvalue weighted by atomic mass is 10.1. The molecule has 2 aromatic heterocycles. The first kappa shape index (κ1) is 17.4. The first-order valence-corrected chi connectivity index (χ1v) is 7.69. The van der Waals surface area contributed by atoms with Gasteiger partial charge in [-0.15, -0.1) is 5.10 Å². The lowest BCUT2D eigenvalue weighted by molar-refractivity contribution is -0.137. The number of H-pyrrole nitrogens is 1. The molecule has 11 heteroatoms. The topological polar surface area (TPSA) is 72.8 Å². The zero-order valence-electron chi connectivity index (χ0n) is 12.5. The number of hydrogen-bond donors (Lipinski definition) is 1. The van der Waals surface area contributed by atoms with Crippen molar-refractivity contribution in [3.05, 3.63) is 44.5 Å². The molecule has 2 heterocycles. The molecule has 0 amide bonds. The Morgan fingerprint density at radius 1 is 1.36 bits per heavy atom. The second-order valence-electron chi connectivity index (χ2n) is 4.90. The van der Waals surface area contributed by atoms with Gasteiger partial charge in [-0.3, -0.25) is 9.78 Å². The third-order valence-electron chi connectivity index (χ3n) is 3.21. The van der Waals surface area contributed by atoms with E-state index in [0.29, 0.717) is 4.68 Å². The molecule has 0 fully saturated rings. The number of nitrogens with one attached hydrogen (secondary N) is 1. The first-order valence-electron chi connectivity index (χ1n) is 6.89. The van der Waals surface area contributed by atoms with E-state index >= 15 is 0 Å². The molecule has 0 aliphatic heterocycles. The minimum absolute atomic E-state index is 0.0765. The molecule has 0 atom stereocenters. The Balaban J connectivity index is 2.27. The average molecular weight is 421 g/mol. The third kappa shape index (κ3) is 3.23. The highest BCUT2D eigenvalue weighted by Crippen LogP contribution is 2.37. The predicted molar refractivity (Wildman–Crippen MR) is 83.3 cm³/mol. The van der Waals surface area contributed by atoms with Gasteiger partial charge in [0.05, 0.1) is 12.2 Å². The Kier molecular flexibility index (Phi) is 4.27. The number of hydrogen-bond acceptors (Lipinski definition) is 4. The summed E-state index contributed by atoms with van der Waals surface area (Å²) in [5.41, 5.74) is -2.90. The maximum absolute atomic E-state index is 14.2. The highest BCUT2D eigenvalue weighted by molar-refractivity contribution is 9.10. The molecule has 0 radical (unpaired) electrons.